The van der Waals surface area contributed by atoms with E-state index in [-0.39, 0.29) is 16.7 Å². The maximum absolute atomic E-state index is 12.2. The molecule has 1 aromatic heterocycles. The summed E-state index contributed by atoms with van der Waals surface area (Å²) in [6.45, 7) is 0.463. The highest BCUT2D eigenvalue weighted by Crippen LogP contribution is 2.20. The normalized spacial score (nSPS) is 10.7. The number of carbonyl (C=O) groups is 1. The Labute approximate surface area is 164 Å². The van der Waals surface area contributed by atoms with Gasteiger partial charge in [0.25, 0.3) is 5.91 Å². The molecule has 0 unspecified atom stereocenters. The first-order valence-corrected chi connectivity index (χ1v) is 9.44. The van der Waals surface area contributed by atoms with Crippen LogP contribution in [0.1, 0.15) is 26.4 Å². The summed E-state index contributed by atoms with van der Waals surface area (Å²) in [5, 5.41) is 12.9. The fraction of sp³-hybridized carbons (Fsp3) is 0.158. The standard InChI is InChI=1S/C19H18ClN3O3S/c20-13-5-6-15(21)14(10-13)17(24)22-8-7-11-1-3-12(4-2-11)9-16-18(25)23-19(26)27-16/h1-6,10,25H,7-9,21H2,(H,22,24)(H,23,26). The molecular formula is C19H18ClN3O3S. The van der Waals surface area contributed by atoms with E-state index in [1.54, 1.807) is 18.2 Å². The zero-order chi connectivity index (χ0) is 19.4. The van der Waals surface area contributed by atoms with Crippen molar-refractivity contribution in [1.29, 1.82) is 0 Å². The summed E-state index contributed by atoms with van der Waals surface area (Å²) in [4.78, 5) is 26.1. The van der Waals surface area contributed by atoms with Gasteiger partial charge in [-0.2, -0.15) is 0 Å². The second kappa shape index (κ2) is 8.28. The number of amides is 1. The number of nitrogens with one attached hydrogen (secondary N) is 2. The number of nitrogens with two attached hydrogens (primary N) is 1. The van der Waals surface area contributed by atoms with Crippen LogP contribution in [0.15, 0.2) is 47.3 Å². The fourth-order valence-corrected chi connectivity index (χ4v) is 3.55. The van der Waals surface area contributed by atoms with E-state index in [9.17, 15) is 14.7 Å². The van der Waals surface area contributed by atoms with Crippen molar-refractivity contribution >= 4 is 34.5 Å². The summed E-state index contributed by atoms with van der Waals surface area (Å²) < 4.78 is 0. The van der Waals surface area contributed by atoms with E-state index >= 15 is 0 Å². The molecule has 5 N–H and O–H groups in total. The average Bonchev–Trinajstić information content (AvgIpc) is 2.95. The second-order valence-corrected chi connectivity index (χ2v) is 7.52. The molecule has 0 spiro atoms. The van der Waals surface area contributed by atoms with Crippen molar-refractivity contribution in [1.82, 2.24) is 10.3 Å². The minimum atomic E-state index is -0.268. The lowest BCUT2D eigenvalue weighted by Crippen LogP contribution is -2.26. The van der Waals surface area contributed by atoms with Crippen LogP contribution in [0, 0.1) is 0 Å². The smallest absolute Gasteiger partial charge is 0.307 e. The van der Waals surface area contributed by atoms with Crippen LogP contribution in [0.2, 0.25) is 5.02 Å². The van der Waals surface area contributed by atoms with Crippen molar-refractivity contribution < 1.29 is 9.90 Å². The van der Waals surface area contributed by atoms with Gasteiger partial charge in [-0.05, 0) is 35.7 Å². The van der Waals surface area contributed by atoms with Crippen LogP contribution in [0.25, 0.3) is 0 Å². The number of halogens is 1. The van der Waals surface area contributed by atoms with E-state index in [4.69, 9.17) is 17.3 Å². The zero-order valence-electron chi connectivity index (χ0n) is 14.3. The number of anilines is 1. The molecule has 3 aromatic rings. The molecule has 0 fully saturated rings. The maximum Gasteiger partial charge on any atom is 0.307 e. The molecule has 2 aromatic carbocycles. The highest BCUT2D eigenvalue weighted by Gasteiger charge is 2.10. The molecule has 0 radical (unpaired) electrons. The number of aromatic hydroxyl groups is 1. The SMILES string of the molecule is Nc1ccc(Cl)cc1C(=O)NCCc1ccc(Cc2sc(=O)[nH]c2O)cc1. The largest absolute Gasteiger partial charge is 0.494 e. The van der Waals surface area contributed by atoms with Gasteiger partial charge in [-0.15, -0.1) is 0 Å². The van der Waals surface area contributed by atoms with E-state index in [0.29, 0.717) is 40.5 Å². The fourth-order valence-electron chi connectivity index (χ4n) is 2.62. The van der Waals surface area contributed by atoms with Gasteiger partial charge in [0.15, 0.2) is 0 Å². The van der Waals surface area contributed by atoms with Gasteiger partial charge in [-0.1, -0.05) is 47.2 Å². The molecular weight excluding hydrogens is 386 g/mol. The quantitative estimate of drug-likeness (QED) is 0.474. The minimum Gasteiger partial charge on any atom is -0.494 e. The van der Waals surface area contributed by atoms with E-state index < -0.39 is 0 Å². The van der Waals surface area contributed by atoms with Gasteiger partial charge in [-0.25, -0.2) is 0 Å². The van der Waals surface area contributed by atoms with Crippen molar-refractivity contribution in [3.63, 3.8) is 0 Å². The number of H-pyrrole nitrogens is 1. The third-order valence-electron chi connectivity index (χ3n) is 4.05. The zero-order valence-corrected chi connectivity index (χ0v) is 15.9. The van der Waals surface area contributed by atoms with Gasteiger partial charge in [0, 0.05) is 23.7 Å². The van der Waals surface area contributed by atoms with Crippen LogP contribution in [-0.2, 0) is 12.8 Å². The molecule has 27 heavy (non-hydrogen) atoms. The molecule has 6 nitrogen and oxygen atoms in total. The van der Waals surface area contributed by atoms with Gasteiger partial charge in [0.1, 0.15) is 0 Å². The van der Waals surface area contributed by atoms with Crippen LogP contribution in [0.5, 0.6) is 5.88 Å². The minimum absolute atomic E-state index is 0.0722. The van der Waals surface area contributed by atoms with Crippen LogP contribution in [-0.4, -0.2) is 22.5 Å². The van der Waals surface area contributed by atoms with E-state index in [0.717, 1.165) is 22.5 Å². The monoisotopic (exact) mass is 403 g/mol. The number of thiazole rings is 1. The van der Waals surface area contributed by atoms with Crippen molar-refractivity contribution in [3.8, 4) is 5.88 Å². The number of rotatable bonds is 6. The molecule has 0 saturated heterocycles. The number of aromatic amines is 1. The number of nitrogen functional groups attached to an aromatic ring is 1. The molecule has 0 aliphatic rings. The molecule has 0 saturated carbocycles. The molecule has 8 heteroatoms. The molecule has 140 valence electrons. The molecule has 1 amide bonds. The highest BCUT2D eigenvalue weighted by molar-refractivity contribution is 7.09. The first kappa shape index (κ1) is 19.0. The third kappa shape index (κ3) is 4.90. The second-order valence-electron chi connectivity index (χ2n) is 6.02. The van der Waals surface area contributed by atoms with E-state index in [1.165, 1.54) is 0 Å². The van der Waals surface area contributed by atoms with Crippen LogP contribution in [0.4, 0.5) is 5.69 Å². The van der Waals surface area contributed by atoms with Gasteiger partial charge >= 0.3 is 4.87 Å². The first-order chi connectivity index (χ1) is 12.9. The van der Waals surface area contributed by atoms with Crippen molar-refractivity contribution in [2.45, 2.75) is 12.8 Å². The molecule has 1 heterocycles. The lowest BCUT2D eigenvalue weighted by molar-refractivity contribution is 0.0955. The summed E-state index contributed by atoms with van der Waals surface area (Å²) in [5.41, 5.74) is 8.60. The Kier molecular flexibility index (Phi) is 5.83. The Morgan fingerprint density at radius 2 is 1.89 bits per heavy atom. The number of hydrogen-bond donors (Lipinski definition) is 4. The predicted octanol–water partition coefficient (Wildman–Crippen LogP) is 2.94. The average molecular weight is 404 g/mol. The third-order valence-corrected chi connectivity index (χ3v) is 5.15. The maximum atomic E-state index is 12.2. The number of carbonyl (C=O) groups excluding carboxylic acids is 1. The molecule has 0 atom stereocenters. The number of benzene rings is 2. The predicted molar refractivity (Wildman–Crippen MR) is 108 cm³/mol. The summed E-state index contributed by atoms with van der Waals surface area (Å²) in [6.07, 6.45) is 1.15. The van der Waals surface area contributed by atoms with Crippen LogP contribution >= 0.6 is 22.9 Å². The Morgan fingerprint density at radius 1 is 1.19 bits per heavy atom. The Morgan fingerprint density at radius 3 is 2.56 bits per heavy atom. The molecule has 0 aliphatic carbocycles. The van der Waals surface area contributed by atoms with Crippen molar-refractivity contribution in [2.24, 2.45) is 0 Å². The Hall–Kier alpha value is -2.77. The summed E-state index contributed by atoms with van der Waals surface area (Å²) in [7, 11) is 0. The Balaban J connectivity index is 1.54. The van der Waals surface area contributed by atoms with Crippen LogP contribution < -0.4 is 15.9 Å². The highest BCUT2D eigenvalue weighted by atomic mass is 35.5. The van der Waals surface area contributed by atoms with E-state index in [1.807, 2.05) is 24.3 Å². The van der Waals surface area contributed by atoms with Gasteiger partial charge in [0.2, 0.25) is 5.88 Å². The summed E-state index contributed by atoms with van der Waals surface area (Å²) in [6, 6.07) is 12.6. The van der Waals surface area contributed by atoms with Crippen molar-refractivity contribution in [3.05, 3.63) is 78.7 Å². The van der Waals surface area contributed by atoms with Gasteiger partial charge in [-0.3, -0.25) is 14.6 Å². The number of hydrogen-bond acceptors (Lipinski definition) is 5. The first-order valence-electron chi connectivity index (χ1n) is 8.24. The lowest BCUT2D eigenvalue weighted by Gasteiger charge is -2.08. The van der Waals surface area contributed by atoms with Gasteiger partial charge in [0.05, 0.1) is 10.4 Å². The van der Waals surface area contributed by atoms with Gasteiger partial charge < -0.3 is 16.2 Å². The van der Waals surface area contributed by atoms with E-state index in [2.05, 4.69) is 10.3 Å². The topological polar surface area (TPSA) is 108 Å². The summed E-state index contributed by atoms with van der Waals surface area (Å²) >= 11 is 6.91. The molecule has 0 aliphatic heterocycles. The van der Waals surface area contributed by atoms with Crippen molar-refractivity contribution in [2.75, 3.05) is 12.3 Å². The number of aromatic nitrogens is 1. The summed E-state index contributed by atoms with van der Waals surface area (Å²) in [5.74, 6) is -0.332. The molecule has 3 rings (SSSR count). The molecule has 0 bridgehead atoms. The lowest BCUT2D eigenvalue weighted by atomic mass is 10.1. The van der Waals surface area contributed by atoms with Crippen LogP contribution in [0.3, 0.4) is 0 Å². The Bertz CT molecular complexity index is 1010.